The van der Waals surface area contributed by atoms with Gasteiger partial charge in [-0.15, -0.1) is 13.2 Å². The minimum Gasteiger partial charge on any atom is -0.497 e. The zero-order valence-electron chi connectivity index (χ0n) is 20.6. The molecular formula is C26H22F5N3O5. The molecule has 13 heteroatoms. The molecule has 2 aromatic carbocycles. The summed E-state index contributed by atoms with van der Waals surface area (Å²) in [6.45, 7) is -0.550. The predicted octanol–water partition coefficient (Wildman–Crippen LogP) is 3.75. The highest BCUT2D eigenvalue weighted by Gasteiger charge is 2.45. The second kappa shape index (κ2) is 10.8. The number of carbonyl (C=O) groups is 2. The Morgan fingerprint density at radius 3 is 2.26 bits per heavy atom. The Morgan fingerprint density at radius 1 is 1.03 bits per heavy atom. The van der Waals surface area contributed by atoms with Gasteiger partial charge >= 0.3 is 6.36 Å². The standard InChI is InChI=1S/C26H22F5N3O5/c1-33-21(4-3-5-22(33)35)34-13-18(23-19(27)10-16(38-2)11-20(23)28)17(25(34)37)12-32-24(36)14-6-8-15(9-7-14)39-26(29,30)31/h3-11,17-18H,12-13H2,1-2H3,(H,32,36)/t17?,18-/m1/s1. The number of ether oxygens (including phenoxy) is 2. The van der Waals surface area contributed by atoms with Crippen LogP contribution in [-0.2, 0) is 11.8 Å². The van der Waals surface area contributed by atoms with E-state index < -0.39 is 53.0 Å². The summed E-state index contributed by atoms with van der Waals surface area (Å²) >= 11 is 0. The number of pyridine rings is 1. The third-order valence-electron chi connectivity index (χ3n) is 6.37. The molecule has 1 unspecified atom stereocenters. The highest BCUT2D eigenvalue weighted by atomic mass is 19.4. The van der Waals surface area contributed by atoms with Crippen molar-refractivity contribution in [2.75, 3.05) is 25.1 Å². The maximum Gasteiger partial charge on any atom is 0.573 e. The molecular weight excluding hydrogens is 529 g/mol. The molecule has 1 N–H and O–H groups in total. The largest absolute Gasteiger partial charge is 0.573 e. The monoisotopic (exact) mass is 551 g/mol. The van der Waals surface area contributed by atoms with Crippen LogP contribution >= 0.6 is 0 Å². The Labute approximate surface area is 218 Å². The molecule has 2 heterocycles. The molecule has 39 heavy (non-hydrogen) atoms. The van der Waals surface area contributed by atoms with Crippen molar-refractivity contribution >= 4 is 17.6 Å². The van der Waals surface area contributed by atoms with E-state index in [0.29, 0.717) is 0 Å². The molecule has 206 valence electrons. The van der Waals surface area contributed by atoms with Gasteiger partial charge in [-0.3, -0.25) is 23.9 Å². The van der Waals surface area contributed by atoms with Crippen LogP contribution in [0.2, 0.25) is 0 Å². The van der Waals surface area contributed by atoms with Crippen LogP contribution in [0.3, 0.4) is 0 Å². The lowest BCUT2D eigenvalue weighted by molar-refractivity contribution is -0.274. The van der Waals surface area contributed by atoms with Gasteiger partial charge in [0, 0.05) is 55.4 Å². The molecule has 4 rings (SSSR count). The first-order valence-corrected chi connectivity index (χ1v) is 11.5. The minimum absolute atomic E-state index is 0.0318. The van der Waals surface area contributed by atoms with Gasteiger partial charge in [0.15, 0.2) is 0 Å². The summed E-state index contributed by atoms with van der Waals surface area (Å²) in [5, 5.41) is 2.51. The van der Waals surface area contributed by atoms with Gasteiger partial charge in [-0.25, -0.2) is 8.78 Å². The maximum atomic E-state index is 15.1. The van der Waals surface area contributed by atoms with Crippen molar-refractivity contribution in [1.82, 2.24) is 9.88 Å². The van der Waals surface area contributed by atoms with Crippen molar-refractivity contribution in [3.8, 4) is 11.5 Å². The van der Waals surface area contributed by atoms with E-state index in [4.69, 9.17) is 4.74 Å². The highest BCUT2D eigenvalue weighted by molar-refractivity contribution is 5.99. The first-order chi connectivity index (χ1) is 18.4. The molecule has 2 atom stereocenters. The zero-order valence-corrected chi connectivity index (χ0v) is 20.6. The van der Waals surface area contributed by atoms with Gasteiger partial charge in [-0.05, 0) is 30.3 Å². The molecule has 1 aliphatic heterocycles. The first kappa shape index (κ1) is 27.6. The third kappa shape index (κ3) is 5.86. The number of methoxy groups -OCH3 is 1. The van der Waals surface area contributed by atoms with Crippen LogP contribution in [0.4, 0.5) is 27.8 Å². The topological polar surface area (TPSA) is 89.9 Å². The number of nitrogens with zero attached hydrogens (tertiary/aromatic N) is 2. The van der Waals surface area contributed by atoms with Crippen LogP contribution in [0.25, 0.3) is 0 Å². The van der Waals surface area contributed by atoms with E-state index in [2.05, 4.69) is 10.1 Å². The van der Waals surface area contributed by atoms with Crippen molar-refractivity contribution in [1.29, 1.82) is 0 Å². The van der Waals surface area contributed by atoms with Gasteiger partial charge < -0.3 is 14.8 Å². The number of anilines is 1. The average molecular weight is 551 g/mol. The fourth-order valence-electron chi connectivity index (χ4n) is 4.48. The molecule has 2 amide bonds. The van der Waals surface area contributed by atoms with E-state index in [1.54, 1.807) is 0 Å². The molecule has 1 aliphatic rings. The van der Waals surface area contributed by atoms with Crippen molar-refractivity contribution in [2.24, 2.45) is 13.0 Å². The Hall–Kier alpha value is -4.42. The van der Waals surface area contributed by atoms with E-state index in [9.17, 15) is 27.6 Å². The van der Waals surface area contributed by atoms with Crippen molar-refractivity contribution in [3.63, 3.8) is 0 Å². The van der Waals surface area contributed by atoms with Crippen LogP contribution in [-0.4, -0.2) is 42.9 Å². The summed E-state index contributed by atoms with van der Waals surface area (Å²) in [7, 11) is 2.68. The summed E-state index contributed by atoms with van der Waals surface area (Å²) in [6.07, 6.45) is -4.90. The smallest absolute Gasteiger partial charge is 0.497 e. The van der Waals surface area contributed by atoms with E-state index in [-0.39, 0.29) is 35.8 Å². The van der Waals surface area contributed by atoms with E-state index in [1.165, 1.54) is 41.8 Å². The van der Waals surface area contributed by atoms with Gasteiger partial charge in [0.25, 0.3) is 11.5 Å². The first-order valence-electron chi connectivity index (χ1n) is 11.5. The summed E-state index contributed by atoms with van der Waals surface area (Å²) < 4.78 is 77.2. The number of hydrogen-bond acceptors (Lipinski definition) is 5. The normalized spacial score (nSPS) is 17.3. The zero-order chi connectivity index (χ0) is 28.5. The highest BCUT2D eigenvalue weighted by Crippen LogP contribution is 2.39. The minimum atomic E-state index is -4.90. The van der Waals surface area contributed by atoms with Gasteiger partial charge in [0.05, 0.1) is 13.0 Å². The molecule has 0 bridgehead atoms. The van der Waals surface area contributed by atoms with Crippen molar-refractivity contribution < 1.29 is 41.0 Å². The SMILES string of the molecule is COc1cc(F)c([C@@H]2CN(c3cccc(=O)n3C)C(=O)C2CNC(=O)c2ccc(OC(F)(F)F)cc2)c(F)c1. The fraction of sp³-hybridized carbons (Fsp3) is 0.269. The number of benzene rings is 2. The Bertz CT molecular complexity index is 1430. The van der Waals surface area contributed by atoms with Crippen LogP contribution in [0, 0.1) is 17.6 Å². The van der Waals surface area contributed by atoms with Crippen LogP contribution in [0.5, 0.6) is 11.5 Å². The molecule has 0 spiro atoms. The number of rotatable bonds is 7. The lowest BCUT2D eigenvalue weighted by Gasteiger charge is -2.20. The summed E-state index contributed by atoms with van der Waals surface area (Å²) in [6, 6.07) is 10.3. The van der Waals surface area contributed by atoms with Crippen LogP contribution in [0.1, 0.15) is 21.8 Å². The van der Waals surface area contributed by atoms with Crippen molar-refractivity contribution in [3.05, 3.63) is 87.7 Å². The van der Waals surface area contributed by atoms with Gasteiger partial charge in [0.2, 0.25) is 5.91 Å². The summed E-state index contributed by atoms with van der Waals surface area (Å²) in [5.41, 5.74) is -0.829. The molecule has 0 aliphatic carbocycles. The molecule has 0 saturated carbocycles. The van der Waals surface area contributed by atoms with E-state index in [1.807, 2.05) is 0 Å². The lowest BCUT2D eigenvalue weighted by atomic mass is 9.87. The number of hydrogen-bond donors (Lipinski definition) is 1. The number of carbonyl (C=O) groups excluding carboxylic acids is 2. The second-order valence-corrected chi connectivity index (χ2v) is 8.73. The van der Waals surface area contributed by atoms with Crippen molar-refractivity contribution in [2.45, 2.75) is 12.3 Å². The lowest BCUT2D eigenvalue weighted by Crippen LogP contribution is -2.37. The molecule has 1 saturated heterocycles. The number of nitrogens with one attached hydrogen (secondary N) is 1. The average Bonchev–Trinajstić information content (AvgIpc) is 3.18. The Kier molecular flexibility index (Phi) is 7.61. The number of halogens is 5. The molecule has 0 radical (unpaired) electrons. The van der Waals surface area contributed by atoms with Crippen LogP contribution < -0.4 is 25.2 Å². The second-order valence-electron chi connectivity index (χ2n) is 8.73. The Balaban J connectivity index is 1.62. The number of alkyl halides is 3. The van der Waals surface area contributed by atoms with Gasteiger partial charge in [-0.2, -0.15) is 0 Å². The number of aromatic nitrogens is 1. The quantitative estimate of drug-likeness (QED) is 0.452. The van der Waals surface area contributed by atoms with E-state index in [0.717, 1.165) is 36.4 Å². The number of amides is 2. The Morgan fingerprint density at radius 2 is 1.67 bits per heavy atom. The van der Waals surface area contributed by atoms with Gasteiger partial charge in [-0.1, -0.05) is 6.07 Å². The third-order valence-corrected chi connectivity index (χ3v) is 6.37. The van der Waals surface area contributed by atoms with Crippen LogP contribution in [0.15, 0.2) is 59.4 Å². The summed E-state index contributed by atoms with van der Waals surface area (Å²) in [4.78, 5) is 39.6. The maximum absolute atomic E-state index is 15.1. The predicted molar refractivity (Wildman–Crippen MR) is 129 cm³/mol. The van der Waals surface area contributed by atoms with Gasteiger partial charge in [0.1, 0.15) is 29.0 Å². The summed E-state index contributed by atoms with van der Waals surface area (Å²) in [5.74, 6) is -5.85. The molecule has 1 fully saturated rings. The molecule has 8 nitrogen and oxygen atoms in total. The molecule has 3 aromatic rings. The van der Waals surface area contributed by atoms with E-state index >= 15 is 8.78 Å². The molecule has 1 aromatic heterocycles. The fourth-order valence-corrected chi connectivity index (χ4v) is 4.48.